The van der Waals surface area contributed by atoms with Crippen molar-refractivity contribution in [3.8, 4) is 0 Å². The van der Waals surface area contributed by atoms with Gasteiger partial charge in [-0.1, -0.05) is 0 Å². The number of aliphatic hydroxyl groups is 1. The number of imidazole rings is 1. The van der Waals surface area contributed by atoms with Crippen LogP contribution in [0, 0.1) is 20.2 Å². The van der Waals surface area contributed by atoms with Gasteiger partial charge in [-0.05, 0) is 31.9 Å². The van der Waals surface area contributed by atoms with Crippen molar-refractivity contribution in [2.45, 2.75) is 6.61 Å². The summed E-state index contributed by atoms with van der Waals surface area (Å²) >= 11 is 5.87. The Morgan fingerprint density at radius 3 is 2.21 bits per heavy atom. The number of H-pyrrole nitrogens is 1. The molecule has 1 heterocycles. The van der Waals surface area contributed by atoms with Crippen LogP contribution in [0.2, 0.25) is 0 Å². The molecule has 0 fully saturated rings. The number of nitro groups is 2. The van der Waals surface area contributed by atoms with Crippen molar-refractivity contribution in [3.05, 3.63) is 35.0 Å². The van der Waals surface area contributed by atoms with Gasteiger partial charge < -0.3 is 10.1 Å². The van der Waals surface area contributed by atoms with Gasteiger partial charge in [0, 0.05) is 0 Å². The zero-order chi connectivity index (χ0) is 14.3. The number of aromatic amines is 1. The first-order valence-corrected chi connectivity index (χ1v) is 6.26. The van der Waals surface area contributed by atoms with Crippen LogP contribution in [0.5, 0.6) is 0 Å². The summed E-state index contributed by atoms with van der Waals surface area (Å²) in [4.78, 5) is 26.9. The molecule has 0 saturated carbocycles. The van der Waals surface area contributed by atoms with Crippen LogP contribution in [0.25, 0.3) is 11.0 Å². The van der Waals surface area contributed by atoms with Crippen molar-refractivity contribution < 1.29 is 15.0 Å². The first kappa shape index (κ1) is 13.8. The Balaban J connectivity index is 3.00. The highest BCUT2D eigenvalue weighted by molar-refractivity contribution is 9.11. The molecule has 0 aliphatic carbocycles. The lowest BCUT2D eigenvalue weighted by molar-refractivity contribution is -0.395. The molecule has 2 N–H and O–H groups in total. The molecular formula is C8H4Br2N4O5. The quantitative estimate of drug-likeness (QED) is 0.604. The van der Waals surface area contributed by atoms with Crippen LogP contribution in [0.3, 0.4) is 0 Å². The highest BCUT2D eigenvalue weighted by atomic mass is 79.9. The molecular weight excluding hydrogens is 392 g/mol. The Morgan fingerprint density at radius 2 is 1.74 bits per heavy atom. The molecule has 0 aliphatic rings. The molecule has 0 radical (unpaired) electrons. The van der Waals surface area contributed by atoms with Gasteiger partial charge in [-0.3, -0.25) is 20.2 Å². The number of fused-ring (bicyclic) bond motifs is 1. The van der Waals surface area contributed by atoms with E-state index in [9.17, 15) is 20.2 Å². The van der Waals surface area contributed by atoms with Crippen molar-refractivity contribution in [1.82, 2.24) is 9.97 Å². The maximum absolute atomic E-state index is 11.0. The summed E-state index contributed by atoms with van der Waals surface area (Å²) in [6, 6.07) is 0. The van der Waals surface area contributed by atoms with Crippen LogP contribution in [-0.2, 0) is 6.61 Å². The molecule has 0 saturated heterocycles. The largest absolute Gasteiger partial charge is 0.388 e. The van der Waals surface area contributed by atoms with E-state index < -0.39 is 27.8 Å². The van der Waals surface area contributed by atoms with Crippen molar-refractivity contribution >= 4 is 54.3 Å². The SMILES string of the molecule is O=[N+]([O-])c1c(Br)c([N+](=O)[O-])c2nc(CO)[nH]c2c1Br. The topological polar surface area (TPSA) is 135 Å². The Bertz CT molecular complexity index is 713. The van der Waals surface area contributed by atoms with Gasteiger partial charge in [0.25, 0.3) is 0 Å². The van der Waals surface area contributed by atoms with Crippen molar-refractivity contribution in [2.75, 3.05) is 0 Å². The van der Waals surface area contributed by atoms with Gasteiger partial charge in [0.05, 0.1) is 15.4 Å². The second kappa shape index (κ2) is 4.83. The normalized spacial score (nSPS) is 10.9. The monoisotopic (exact) mass is 394 g/mol. The fourth-order valence-corrected chi connectivity index (χ4v) is 3.16. The summed E-state index contributed by atoms with van der Waals surface area (Å²) in [5.74, 6) is 0.0752. The van der Waals surface area contributed by atoms with Crippen molar-refractivity contribution in [3.63, 3.8) is 0 Å². The van der Waals surface area contributed by atoms with E-state index in [4.69, 9.17) is 5.11 Å². The Hall–Kier alpha value is -1.59. The first-order chi connectivity index (χ1) is 8.88. The van der Waals surface area contributed by atoms with Crippen LogP contribution in [0.15, 0.2) is 8.95 Å². The Labute approximate surface area is 121 Å². The van der Waals surface area contributed by atoms with Gasteiger partial charge in [0.2, 0.25) is 0 Å². The minimum atomic E-state index is -0.770. The number of benzene rings is 1. The molecule has 1 aromatic carbocycles. The van der Waals surface area contributed by atoms with Crippen LogP contribution in [0.4, 0.5) is 11.4 Å². The maximum atomic E-state index is 11.0. The number of nitro benzene ring substituents is 2. The van der Waals surface area contributed by atoms with E-state index in [2.05, 4.69) is 41.8 Å². The van der Waals surface area contributed by atoms with E-state index in [0.717, 1.165) is 0 Å². The van der Waals surface area contributed by atoms with Gasteiger partial charge >= 0.3 is 11.4 Å². The lowest BCUT2D eigenvalue weighted by Gasteiger charge is -2.01. The smallest absolute Gasteiger partial charge is 0.318 e. The molecule has 100 valence electrons. The lowest BCUT2D eigenvalue weighted by Crippen LogP contribution is -1.98. The van der Waals surface area contributed by atoms with Crippen LogP contribution >= 0.6 is 31.9 Å². The number of aliphatic hydroxyl groups excluding tert-OH is 1. The summed E-state index contributed by atoms with van der Waals surface area (Å²) in [5.41, 5.74) is -0.989. The van der Waals surface area contributed by atoms with E-state index in [1.807, 2.05) is 0 Å². The molecule has 0 atom stereocenters. The van der Waals surface area contributed by atoms with E-state index in [0.29, 0.717) is 0 Å². The molecule has 1 aromatic heterocycles. The van der Waals surface area contributed by atoms with Gasteiger partial charge in [-0.15, -0.1) is 0 Å². The molecule has 2 aromatic rings. The second-order valence-electron chi connectivity index (χ2n) is 3.40. The minimum absolute atomic E-state index is 0.0252. The second-order valence-corrected chi connectivity index (χ2v) is 4.99. The number of hydrogen-bond donors (Lipinski definition) is 2. The maximum Gasteiger partial charge on any atom is 0.318 e. The number of nitrogens with zero attached hydrogens (tertiary/aromatic N) is 3. The molecule has 9 nitrogen and oxygen atoms in total. The molecule has 0 bridgehead atoms. The van der Waals surface area contributed by atoms with E-state index in [1.165, 1.54) is 0 Å². The average Bonchev–Trinajstić information content (AvgIpc) is 2.72. The van der Waals surface area contributed by atoms with E-state index in [1.54, 1.807) is 0 Å². The summed E-state index contributed by atoms with van der Waals surface area (Å²) in [6.07, 6.45) is 0. The van der Waals surface area contributed by atoms with E-state index in [-0.39, 0.29) is 25.8 Å². The van der Waals surface area contributed by atoms with Gasteiger partial charge in [0.15, 0.2) is 9.99 Å². The van der Waals surface area contributed by atoms with E-state index >= 15 is 0 Å². The Morgan fingerprint density at radius 1 is 1.16 bits per heavy atom. The molecule has 19 heavy (non-hydrogen) atoms. The summed E-state index contributed by atoms with van der Waals surface area (Å²) in [5, 5.41) is 31.0. The fourth-order valence-electron chi connectivity index (χ4n) is 1.59. The highest BCUT2D eigenvalue weighted by Gasteiger charge is 2.33. The number of rotatable bonds is 3. The zero-order valence-corrected chi connectivity index (χ0v) is 12.1. The molecule has 0 amide bonds. The van der Waals surface area contributed by atoms with Crippen molar-refractivity contribution in [2.24, 2.45) is 0 Å². The van der Waals surface area contributed by atoms with Crippen LogP contribution in [-0.4, -0.2) is 24.9 Å². The molecule has 11 heteroatoms. The standard InChI is InChI=1S/C8H4Br2N4O5/c9-3-5-6(12-2(1-15)11-5)8(14(18)19)4(10)7(3)13(16)17/h15H,1H2,(H,11,12). The molecule has 0 unspecified atom stereocenters. The predicted molar refractivity (Wildman–Crippen MR) is 70.7 cm³/mol. The summed E-state index contributed by atoms with van der Waals surface area (Å²) in [7, 11) is 0. The number of nitrogens with one attached hydrogen (secondary N) is 1. The average molecular weight is 396 g/mol. The third kappa shape index (κ3) is 2.09. The molecule has 2 rings (SSSR count). The number of halogens is 2. The molecule has 0 spiro atoms. The van der Waals surface area contributed by atoms with Crippen LogP contribution < -0.4 is 0 Å². The summed E-state index contributed by atoms with van der Waals surface area (Å²) < 4.78 is -0.255. The van der Waals surface area contributed by atoms with Gasteiger partial charge in [0.1, 0.15) is 16.9 Å². The highest BCUT2D eigenvalue weighted by Crippen LogP contribution is 2.45. The third-order valence-electron chi connectivity index (χ3n) is 2.34. The number of aromatic nitrogens is 2. The third-order valence-corrected chi connectivity index (χ3v) is 3.86. The van der Waals surface area contributed by atoms with Crippen molar-refractivity contribution in [1.29, 1.82) is 0 Å². The van der Waals surface area contributed by atoms with Gasteiger partial charge in [-0.2, -0.15) is 0 Å². The Kier molecular flexibility index (Phi) is 3.52. The number of hydrogen-bond acceptors (Lipinski definition) is 6. The summed E-state index contributed by atoms with van der Waals surface area (Å²) in [6.45, 7) is -0.469. The van der Waals surface area contributed by atoms with Gasteiger partial charge in [-0.25, -0.2) is 4.98 Å². The predicted octanol–water partition coefficient (Wildman–Crippen LogP) is 2.40. The lowest BCUT2D eigenvalue weighted by atomic mass is 10.2. The first-order valence-electron chi connectivity index (χ1n) is 4.67. The zero-order valence-electron chi connectivity index (χ0n) is 8.88. The minimum Gasteiger partial charge on any atom is -0.388 e. The molecule has 0 aliphatic heterocycles. The fraction of sp³-hybridized carbons (Fsp3) is 0.125. The van der Waals surface area contributed by atoms with Crippen LogP contribution in [0.1, 0.15) is 5.82 Å².